The third-order valence-corrected chi connectivity index (χ3v) is 6.29. The van der Waals surface area contributed by atoms with E-state index in [1.165, 1.54) is 48.8 Å². The second-order valence-corrected chi connectivity index (χ2v) is 9.85. The molecule has 0 aromatic heterocycles. The summed E-state index contributed by atoms with van der Waals surface area (Å²) < 4.78 is 10.9. The summed E-state index contributed by atoms with van der Waals surface area (Å²) in [5, 5.41) is 0. The third-order valence-electron chi connectivity index (χ3n) is 3.37. The van der Waals surface area contributed by atoms with Crippen molar-refractivity contribution in [3.63, 3.8) is 0 Å². The van der Waals surface area contributed by atoms with Crippen LogP contribution < -0.4 is 0 Å². The van der Waals surface area contributed by atoms with E-state index in [4.69, 9.17) is 9.47 Å². The summed E-state index contributed by atoms with van der Waals surface area (Å²) in [5.41, 5.74) is 1.37. The van der Waals surface area contributed by atoms with E-state index in [0.29, 0.717) is 11.5 Å². The Labute approximate surface area is 112 Å². The molecule has 17 heavy (non-hydrogen) atoms. The van der Waals surface area contributed by atoms with Gasteiger partial charge in [-0.15, -0.1) is 0 Å². The Kier molecular flexibility index (Phi) is 10.5. The molecule has 2 heterocycles. The maximum Gasteiger partial charge on any atom is 0.0656 e. The Hall–Kier alpha value is 0.354. The highest BCUT2D eigenvalue weighted by Gasteiger charge is 2.17. The zero-order valence-electron chi connectivity index (χ0n) is 11.2. The molecule has 0 saturated carbocycles. The second kappa shape index (κ2) is 10.3. The largest absolute Gasteiger partial charge is 0.383 e. The lowest BCUT2D eigenvalue weighted by molar-refractivity contribution is 0.0631. The lowest BCUT2D eigenvalue weighted by atomic mass is 10.2. The lowest BCUT2D eigenvalue weighted by Gasteiger charge is -2.24. The molecule has 2 nitrogen and oxygen atoms in total. The van der Waals surface area contributed by atoms with Crippen LogP contribution in [0.3, 0.4) is 0 Å². The van der Waals surface area contributed by atoms with Crippen LogP contribution in [0.25, 0.3) is 0 Å². The molecule has 0 bridgehead atoms. The molecule has 2 fully saturated rings. The predicted octanol–water partition coefficient (Wildman–Crippen LogP) is 2.10. The SMILES string of the molecule is C.C[SiH](C)C1CCCCO1.[SiH3]C1CCCCO1. The summed E-state index contributed by atoms with van der Waals surface area (Å²) >= 11 is 0. The van der Waals surface area contributed by atoms with Gasteiger partial charge >= 0.3 is 0 Å². The smallest absolute Gasteiger partial charge is 0.0656 e. The topological polar surface area (TPSA) is 18.5 Å². The van der Waals surface area contributed by atoms with Crippen LogP contribution in [-0.2, 0) is 9.47 Å². The Morgan fingerprint density at radius 3 is 1.76 bits per heavy atom. The van der Waals surface area contributed by atoms with Crippen molar-refractivity contribution in [3.8, 4) is 0 Å². The zero-order valence-corrected chi connectivity index (χ0v) is 14.4. The van der Waals surface area contributed by atoms with E-state index >= 15 is 0 Å². The van der Waals surface area contributed by atoms with E-state index in [-0.39, 0.29) is 7.43 Å². The summed E-state index contributed by atoms with van der Waals surface area (Å²) in [6, 6.07) is 0. The van der Waals surface area contributed by atoms with Gasteiger partial charge in [0, 0.05) is 34.9 Å². The number of hydrogen-bond acceptors (Lipinski definition) is 2. The standard InChI is InChI=1S/C7H16OSi.C5H12OSi.CH4/c1-9(2)7-5-3-4-6-8-7;7-5-3-1-2-4-6-5;/h7,9H,3-6H2,1-2H3;5H,1-4H2,7H3;1H4. The molecule has 0 aromatic carbocycles. The molecule has 0 N–H and O–H groups in total. The molecular formula is C13H32O2Si2. The molecule has 0 spiro atoms. The van der Waals surface area contributed by atoms with Crippen LogP contribution in [0.1, 0.15) is 46.0 Å². The van der Waals surface area contributed by atoms with Crippen molar-refractivity contribution >= 4 is 19.0 Å². The van der Waals surface area contributed by atoms with Crippen molar-refractivity contribution in [2.24, 2.45) is 0 Å². The van der Waals surface area contributed by atoms with E-state index in [1.54, 1.807) is 0 Å². The number of ether oxygens (including phenoxy) is 2. The van der Waals surface area contributed by atoms with E-state index in [0.717, 1.165) is 13.2 Å². The van der Waals surface area contributed by atoms with Crippen LogP contribution in [0.5, 0.6) is 0 Å². The fourth-order valence-corrected chi connectivity index (χ4v) is 4.26. The Bertz CT molecular complexity index is 165. The van der Waals surface area contributed by atoms with E-state index in [9.17, 15) is 0 Å². The molecule has 0 radical (unpaired) electrons. The van der Waals surface area contributed by atoms with Gasteiger partial charge in [0.05, 0.1) is 8.80 Å². The zero-order chi connectivity index (χ0) is 11.8. The van der Waals surface area contributed by atoms with Gasteiger partial charge in [-0.25, -0.2) is 0 Å². The van der Waals surface area contributed by atoms with Crippen molar-refractivity contribution < 1.29 is 9.47 Å². The number of rotatable bonds is 1. The minimum absolute atomic E-state index is 0. The van der Waals surface area contributed by atoms with Crippen LogP contribution in [0.4, 0.5) is 0 Å². The molecule has 2 saturated heterocycles. The molecule has 0 amide bonds. The maximum atomic E-state index is 5.60. The Morgan fingerprint density at radius 1 is 0.941 bits per heavy atom. The molecule has 4 heteroatoms. The molecule has 2 aliphatic heterocycles. The highest BCUT2D eigenvalue weighted by atomic mass is 28.3. The van der Waals surface area contributed by atoms with Gasteiger partial charge in [0.1, 0.15) is 0 Å². The average molecular weight is 277 g/mol. The van der Waals surface area contributed by atoms with Crippen LogP contribution in [0.15, 0.2) is 0 Å². The fourth-order valence-electron chi connectivity index (χ4n) is 2.19. The molecule has 0 aromatic rings. The summed E-state index contributed by atoms with van der Waals surface area (Å²) in [5.74, 6) is 0. The Morgan fingerprint density at radius 2 is 1.53 bits per heavy atom. The first-order valence-corrected chi connectivity index (χ1v) is 11.1. The van der Waals surface area contributed by atoms with Gasteiger partial charge in [0.2, 0.25) is 0 Å². The molecule has 2 aliphatic rings. The van der Waals surface area contributed by atoms with Crippen LogP contribution in [0.2, 0.25) is 13.1 Å². The van der Waals surface area contributed by atoms with Gasteiger partial charge in [-0.1, -0.05) is 20.5 Å². The normalized spacial score (nSPS) is 29.1. The van der Waals surface area contributed by atoms with Crippen LogP contribution >= 0.6 is 0 Å². The minimum atomic E-state index is -0.474. The fraction of sp³-hybridized carbons (Fsp3) is 1.00. The first kappa shape index (κ1) is 17.4. The Balaban J connectivity index is 0.000000292. The van der Waals surface area contributed by atoms with Gasteiger partial charge < -0.3 is 9.47 Å². The van der Waals surface area contributed by atoms with Gasteiger partial charge in [0.25, 0.3) is 0 Å². The summed E-state index contributed by atoms with van der Waals surface area (Å²) in [6.45, 7) is 6.79. The van der Waals surface area contributed by atoms with E-state index in [2.05, 4.69) is 13.1 Å². The van der Waals surface area contributed by atoms with Crippen molar-refractivity contribution in [1.82, 2.24) is 0 Å². The maximum absolute atomic E-state index is 5.60. The van der Waals surface area contributed by atoms with Gasteiger partial charge in [-0.2, -0.15) is 0 Å². The van der Waals surface area contributed by atoms with E-state index < -0.39 is 8.80 Å². The molecule has 0 aliphatic carbocycles. The van der Waals surface area contributed by atoms with Crippen LogP contribution in [-0.4, -0.2) is 43.7 Å². The first-order valence-electron chi connectivity index (χ1n) is 6.93. The summed E-state index contributed by atoms with van der Waals surface area (Å²) in [7, 11) is 0.754. The van der Waals surface area contributed by atoms with Crippen molar-refractivity contribution in [1.29, 1.82) is 0 Å². The van der Waals surface area contributed by atoms with Gasteiger partial charge in [-0.3, -0.25) is 0 Å². The molecular weight excluding hydrogens is 244 g/mol. The quantitative estimate of drug-likeness (QED) is 0.683. The third kappa shape index (κ3) is 8.13. The molecule has 2 rings (SSSR count). The average Bonchev–Trinajstić information content (AvgIpc) is 2.32. The first-order chi connectivity index (χ1) is 7.70. The van der Waals surface area contributed by atoms with Crippen molar-refractivity contribution in [3.05, 3.63) is 0 Å². The molecule has 2 unspecified atom stereocenters. The van der Waals surface area contributed by atoms with Crippen molar-refractivity contribution in [2.45, 2.75) is 70.5 Å². The predicted molar refractivity (Wildman–Crippen MR) is 82.7 cm³/mol. The summed E-state index contributed by atoms with van der Waals surface area (Å²) in [6.07, 6.45) is 8.04. The monoisotopic (exact) mass is 276 g/mol. The lowest BCUT2D eigenvalue weighted by Crippen LogP contribution is -2.31. The van der Waals surface area contributed by atoms with Crippen molar-refractivity contribution in [2.75, 3.05) is 13.2 Å². The number of hydrogen-bond donors (Lipinski definition) is 0. The molecule has 2 atom stereocenters. The second-order valence-electron chi connectivity index (χ2n) is 5.33. The highest BCUT2D eigenvalue weighted by Crippen LogP contribution is 2.14. The van der Waals surface area contributed by atoms with Crippen LogP contribution in [0, 0.1) is 0 Å². The van der Waals surface area contributed by atoms with E-state index in [1.807, 2.05) is 0 Å². The van der Waals surface area contributed by atoms with Gasteiger partial charge in [0.15, 0.2) is 0 Å². The highest BCUT2D eigenvalue weighted by molar-refractivity contribution is 6.57. The van der Waals surface area contributed by atoms with Gasteiger partial charge in [-0.05, 0) is 38.5 Å². The molecule has 104 valence electrons. The summed E-state index contributed by atoms with van der Waals surface area (Å²) in [4.78, 5) is 0. The minimum Gasteiger partial charge on any atom is -0.383 e.